The van der Waals surface area contributed by atoms with Crippen LogP contribution in [0.1, 0.15) is 71.3 Å². The molecule has 1 rings (SSSR count). The van der Waals surface area contributed by atoms with Gasteiger partial charge in [0.25, 0.3) is 0 Å². The van der Waals surface area contributed by atoms with Crippen LogP contribution in [0, 0.1) is 0 Å². The Labute approximate surface area is 131 Å². The normalized spacial score (nSPS) is 11.5. The van der Waals surface area contributed by atoms with Crippen molar-refractivity contribution in [1.82, 2.24) is 4.90 Å². The lowest BCUT2D eigenvalue weighted by Gasteiger charge is -2.26. The average Bonchev–Trinajstić information content (AvgIpc) is 2.47. The van der Waals surface area contributed by atoms with Gasteiger partial charge in [-0.05, 0) is 44.5 Å². The Balaban J connectivity index is 2.25. The SMILES string of the molecule is CCCCCCCCCN(Cc1ccc(N)cc1)C(C)C. The molecule has 0 spiro atoms. The summed E-state index contributed by atoms with van der Waals surface area (Å²) in [5, 5.41) is 0. The van der Waals surface area contributed by atoms with Gasteiger partial charge in [0.1, 0.15) is 0 Å². The predicted molar refractivity (Wildman–Crippen MR) is 94.4 cm³/mol. The third kappa shape index (κ3) is 8.11. The first kappa shape index (κ1) is 18.0. The maximum absolute atomic E-state index is 5.75. The summed E-state index contributed by atoms with van der Waals surface area (Å²) in [5.74, 6) is 0. The van der Waals surface area contributed by atoms with Gasteiger partial charge in [0.2, 0.25) is 0 Å². The summed E-state index contributed by atoms with van der Waals surface area (Å²) in [6.45, 7) is 9.10. The molecular formula is C19H34N2. The molecule has 0 aromatic heterocycles. The van der Waals surface area contributed by atoms with Gasteiger partial charge in [-0.15, -0.1) is 0 Å². The van der Waals surface area contributed by atoms with Crippen molar-refractivity contribution in [3.05, 3.63) is 29.8 Å². The monoisotopic (exact) mass is 290 g/mol. The van der Waals surface area contributed by atoms with E-state index < -0.39 is 0 Å². The first-order chi connectivity index (χ1) is 10.1. The number of hydrogen-bond donors (Lipinski definition) is 1. The van der Waals surface area contributed by atoms with Crippen molar-refractivity contribution in [2.24, 2.45) is 0 Å². The molecule has 2 nitrogen and oxygen atoms in total. The van der Waals surface area contributed by atoms with Crippen LogP contribution in [-0.2, 0) is 6.54 Å². The number of nitrogens with two attached hydrogens (primary N) is 1. The molecular weight excluding hydrogens is 256 g/mol. The summed E-state index contributed by atoms with van der Waals surface area (Å²) in [6, 6.07) is 8.90. The van der Waals surface area contributed by atoms with Crippen molar-refractivity contribution in [2.45, 2.75) is 78.3 Å². The summed E-state index contributed by atoms with van der Waals surface area (Å²) in [5.41, 5.74) is 7.96. The number of anilines is 1. The molecule has 21 heavy (non-hydrogen) atoms. The lowest BCUT2D eigenvalue weighted by Crippen LogP contribution is -2.31. The second kappa shape index (κ2) is 10.7. The highest BCUT2D eigenvalue weighted by molar-refractivity contribution is 5.39. The second-order valence-corrected chi connectivity index (χ2v) is 6.43. The van der Waals surface area contributed by atoms with Gasteiger partial charge in [0, 0.05) is 18.3 Å². The van der Waals surface area contributed by atoms with E-state index in [0.29, 0.717) is 6.04 Å². The fraction of sp³-hybridized carbons (Fsp3) is 0.684. The molecule has 0 aliphatic heterocycles. The lowest BCUT2D eigenvalue weighted by atomic mass is 10.1. The van der Waals surface area contributed by atoms with Gasteiger partial charge < -0.3 is 5.73 Å². The summed E-state index contributed by atoms with van der Waals surface area (Å²) in [4.78, 5) is 2.57. The minimum absolute atomic E-state index is 0.600. The van der Waals surface area contributed by atoms with Crippen LogP contribution in [0.15, 0.2) is 24.3 Å². The molecule has 1 aromatic rings. The fourth-order valence-electron chi connectivity index (χ4n) is 2.65. The van der Waals surface area contributed by atoms with Crippen molar-refractivity contribution in [3.8, 4) is 0 Å². The van der Waals surface area contributed by atoms with E-state index in [1.807, 2.05) is 12.1 Å². The second-order valence-electron chi connectivity index (χ2n) is 6.43. The van der Waals surface area contributed by atoms with Gasteiger partial charge in [-0.3, -0.25) is 4.90 Å². The Kier molecular flexibility index (Phi) is 9.16. The van der Waals surface area contributed by atoms with Crippen LogP contribution in [0.3, 0.4) is 0 Å². The number of nitrogens with zero attached hydrogens (tertiary/aromatic N) is 1. The van der Waals surface area contributed by atoms with Gasteiger partial charge in [-0.25, -0.2) is 0 Å². The zero-order valence-corrected chi connectivity index (χ0v) is 14.3. The number of rotatable bonds is 11. The molecule has 0 saturated carbocycles. The zero-order chi connectivity index (χ0) is 15.5. The van der Waals surface area contributed by atoms with E-state index in [1.165, 1.54) is 57.1 Å². The Bertz CT molecular complexity index is 356. The minimum Gasteiger partial charge on any atom is -0.399 e. The largest absolute Gasteiger partial charge is 0.399 e. The molecule has 2 N–H and O–H groups in total. The van der Waals surface area contributed by atoms with Crippen molar-refractivity contribution < 1.29 is 0 Å². The van der Waals surface area contributed by atoms with Crippen molar-refractivity contribution >= 4 is 5.69 Å². The van der Waals surface area contributed by atoms with E-state index in [0.717, 1.165) is 12.2 Å². The summed E-state index contributed by atoms with van der Waals surface area (Å²) >= 11 is 0. The highest BCUT2D eigenvalue weighted by Gasteiger charge is 2.09. The molecule has 120 valence electrons. The van der Waals surface area contributed by atoms with Crippen LogP contribution in [-0.4, -0.2) is 17.5 Å². The van der Waals surface area contributed by atoms with Crippen LogP contribution in [0.4, 0.5) is 5.69 Å². The van der Waals surface area contributed by atoms with Crippen molar-refractivity contribution in [1.29, 1.82) is 0 Å². The molecule has 0 saturated heterocycles. The fourth-order valence-corrected chi connectivity index (χ4v) is 2.65. The number of hydrogen-bond acceptors (Lipinski definition) is 2. The van der Waals surface area contributed by atoms with Crippen LogP contribution in [0.25, 0.3) is 0 Å². The number of benzene rings is 1. The Morgan fingerprint density at radius 3 is 2.05 bits per heavy atom. The Hall–Kier alpha value is -1.02. The average molecular weight is 290 g/mol. The number of unbranched alkanes of at least 4 members (excludes halogenated alkanes) is 6. The molecule has 1 aromatic carbocycles. The molecule has 0 atom stereocenters. The van der Waals surface area contributed by atoms with Gasteiger partial charge in [-0.1, -0.05) is 57.6 Å². The smallest absolute Gasteiger partial charge is 0.0314 e. The summed E-state index contributed by atoms with van der Waals surface area (Å²) < 4.78 is 0. The number of nitrogen functional groups attached to an aromatic ring is 1. The van der Waals surface area contributed by atoms with E-state index in [-0.39, 0.29) is 0 Å². The maximum atomic E-state index is 5.75. The topological polar surface area (TPSA) is 29.3 Å². The third-order valence-electron chi connectivity index (χ3n) is 4.14. The van der Waals surface area contributed by atoms with E-state index in [2.05, 4.69) is 37.8 Å². The van der Waals surface area contributed by atoms with E-state index >= 15 is 0 Å². The molecule has 0 aliphatic carbocycles. The van der Waals surface area contributed by atoms with Crippen LogP contribution in [0.5, 0.6) is 0 Å². The first-order valence-corrected chi connectivity index (χ1v) is 8.72. The molecule has 0 heterocycles. The van der Waals surface area contributed by atoms with Gasteiger partial charge in [0.15, 0.2) is 0 Å². The standard InChI is InChI=1S/C19H34N2/c1-4-5-6-7-8-9-10-15-21(17(2)3)16-18-11-13-19(20)14-12-18/h11-14,17H,4-10,15-16,20H2,1-3H3. The summed E-state index contributed by atoms with van der Waals surface area (Å²) in [7, 11) is 0. The maximum Gasteiger partial charge on any atom is 0.0314 e. The van der Waals surface area contributed by atoms with E-state index in [1.54, 1.807) is 0 Å². The molecule has 0 amide bonds. The highest BCUT2D eigenvalue weighted by atomic mass is 15.1. The van der Waals surface area contributed by atoms with Gasteiger partial charge in [0.05, 0.1) is 0 Å². The molecule has 0 bridgehead atoms. The molecule has 0 radical (unpaired) electrons. The Morgan fingerprint density at radius 1 is 0.905 bits per heavy atom. The van der Waals surface area contributed by atoms with Crippen LogP contribution < -0.4 is 5.73 Å². The predicted octanol–water partition coefficient (Wildman–Crippen LogP) is 5.23. The molecule has 0 fully saturated rings. The van der Waals surface area contributed by atoms with Crippen molar-refractivity contribution in [3.63, 3.8) is 0 Å². The van der Waals surface area contributed by atoms with E-state index in [9.17, 15) is 0 Å². The minimum atomic E-state index is 0.600. The zero-order valence-electron chi connectivity index (χ0n) is 14.3. The molecule has 0 unspecified atom stereocenters. The Morgan fingerprint density at radius 2 is 1.48 bits per heavy atom. The van der Waals surface area contributed by atoms with E-state index in [4.69, 9.17) is 5.73 Å². The van der Waals surface area contributed by atoms with Gasteiger partial charge in [-0.2, -0.15) is 0 Å². The van der Waals surface area contributed by atoms with Crippen molar-refractivity contribution in [2.75, 3.05) is 12.3 Å². The first-order valence-electron chi connectivity index (χ1n) is 8.72. The van der Waals surface area contributed by atoms with Gasteiger partial charge >= 0.3 is 0 Å². The third-order valence-corrected chi connectivity index (χ3v) is 4.14. The highest BCUT2D eigenvalue weighted by Crippen LogP contribution is 2.13. The van der Waals surface area contributed by atoms with Crippen LogP contribution in [0.2, 0.25) is 0 Å². The molecule has 0 aliphatic rings. The lowest BCUT2D eigenvalue weighted by molar-refractivity contribution is 0.208. The van der Waals surface area contributed by atoms with Crippen LogP contribution >= 0.6 is 0 Å². The molecule has 2 heteroatoms. The quantitative estimate of drug-likeness (QED) is 0.446. The summed E-state index contributed by atoms with van der Waals surface area (Å²) in [6.07, 6.45) is 9.64.